The lowest BCUT2D eigenvalue weighted by molar-refractivity contribution is 0.262. The molecule has 0 saturated heterocycles. The molecule has 0 spiro atoms. The molecule has 0 heterocycles. The number of nitrogen functional groups attached to an aromatic ring is 1. The molecule has 6 nitrogen and oxygen atoms in total. The van der Waals surface area contributed by atoms with Crippen molar-refractivity contribution in [2.45, 2.75) is 0 Å². The largest absolute Gasteiger partial charge is 0.495 e. The summed E-state index contributed by atoms with van der Waals surface area (Å²) in [7, 11) is 1.49. The summed E-state index contributed by atoms with van der Waals surface area (Å²) in [5.74, 6) is 0.375. The molecule has 0 aliphatic rings. The molecule has 0 saturated carbocycles. The maximum Gasteiger partial charge on any atom is 0.323 e. The quantitative estimate of drug-likeness (QED) is 0.513. The first-order valence-electron chi connectivity index (χ1n) is 6.25. The van der Waals surface area contributed by atoms with Gasteiger partial charge in [-0.3, -0.25) is 5.41 Å². The number of nitrogens with two attached hydrogens (primary N) is 1. The van der Waals surface area contributed by atoms with Crippen LogP contribution in [0.3, 0.4) is 0 Å². The standard InChI is InChI=1S/C15H16N4O2/c1-21-13-9-10(14(16)17)7-8-12(13)19-15(20)18-11-5-3-2-4-6-11/h2-9H,1H3,(H3,16,17)(H2,18,19,20). The van der Waals surface area contributed by atoms with Crippen molar-refractivity contribution in [3.05, 3.63) is 54.1 Å². The first-order chi connectivity index (χ1) is 10.1. The highest BCUT2D eigenvalue weighted by Crippen LogP contribution is 2.25. The number of methoxy groups -OCH3 is 1. The molecule has 0 aliphatic heterocycles. The number of amides is 2. The number of nitrogens with one attached hydrogen (secondary N) is 3. The van der Waals surface area contributed by atoms with Crippen LogP contribution in [0.4, 0.5) is 16.2 Å². The van der Waals surface area contributed by atoms with E-state index in [9.17, 15) is 4.79 Å². The highest BCUT2D eigenvalue weighted by molar-refractivity contribution is 6.01. The number of ether oxygens (including phenoxy) is 1. The molecular weight excluding hydrogens is 268 g/mol. The minimum Gasteiger partial charge on any atom is -0.495 e. The molecule has 108 valence electrons. The summed E-state index contributed by atoms with van der Waals surface area (Å²) in [4.78, 5) is 11.9. The zero-order valence-corrected chi connectivity index (χ0v) is 11.5. The molecule has 0 aromatic heterocycles. The molecule has 21 heavy (non-hydrogen) atoms. The lowest BCUT2D eigenvalue weighted by atomic mass is 10.1. The number of benzene rings is 2. The summed E-state index contributed by atoms with van der Waals surface area (Å²) in [5, 5.41) is 12.8. The fourth-order valence-electron chi connectivity index (χ4n) is 1.77. The van der Waals surface area contributed by atoms with Gasteiger partial charge >= 0.3 is 6.03 Å². The van der Waals surface area contributed by atoms with E-state index in [1.807, 2.05) is 18.2 Å². The van der Waals surface area contributed by atoms with Gasteiger partial charge in [0.2, 0.25) is 0 Å². The van der Waals surface area contributed by atoms with Crippen molar-refractivity contribution in [1.29, 1.82) is 5.41 Å². The predicted octanol–water partition coefficient (Wildman–Crippen LogP) is 2.62. The van der Waals surface area contributed by atoms with Crippen molar-refractivity contribution in [3.63, 3.8) is 0 Å². The molecule has 0 aliphatic carbocycles. The van der Waals surface area contributed by atoms with Crippen LogP contribution in [0.25, 0.3) is 0 Å². The van der Waals surface area contributed by atoms with Crippen LogP contribution in [0.15, 0.2) is 48.5 Å². The lowest BCUT2D eigenvalue weighted by Gasteiger charge is -2.12. The number of rotatable bonds is 4. The molecule has 0 fully saturated rings. The zero-order chi connectivity index (χ0) is 15.2. The Morgan fingerprint density at radius 3 is 2.48 bits per heavy atom. The van der Waals surface area contributed by atoms with E-state index >= 15 is 0 Å². The van der Waals surface area contributed by atoms with E-state index in [1.54, 1.807) is 30.3 Å². The van der Waals surface area contributed by atoms with E-state index in [2.05, 4.69) is 10.6 Å². The highest BCUT2D eigenvalue weighted by atomic mass is 16.5. The van der Waals surface area contributed by atoms with E-state index in [-0.39, 0.29) is 11.9 Å². The van der Waals surface area contributed by atoms with E-state index in [4.69, 9.17) is 15.9 Å². The van der Waals surface area contributed by atoms with Gasteiger partial charge in [-0.1, -0.05) is 18.2 Å². The topological polar surface area (TPSA) is 100 Å². The predicted molar refractivity (Wildman–Crippen MR) is 83.1 cm³/mol. The van der Waals surface area contributed by atoms with Crippen LogP contribution in [-0.4, -0.2) is 19.0 Å². The third-order valence-corrected chi connectivity index (χ3v) is 2.79. The van der Waals surface area contributed by atoms with Crippen LogP contribution in [0, 0.1) is 5.41 Å². The fraction of sp³-hybridized carbons (Fsp3) is 0.0667. The van der Waals surface area contributed by atoms with Gasteiger partial charge < -0.3 is 21.1 Å². The molecule has 2 aromatic rings. The smallest absolute Gasteiger partial charge is 0.323 e. The lowest BCUT2D eigenvalue weighted by Crippen LogP contribution is -2.20. The third-order valence-electron chi connectivity index (χ3n) is 2.79. The highest BCUT2D eigenvalue weighted by Gasteiger charge is 2.09. The first-order valence-corrected chi connectivity index (χ1v) is 6.25. The summed E-state index contributed by atoms with van der Waals surface area (Å²) >= 11 is 0. The molecule has 2 aromatic carbocycles. The van der Waals surface area contributed by atoms with Crippen LogP contribution < -0.4 is 21.1 Å². The van der Waals surface area contributed by atoms with Gasteiger partial charge in [0.15, 0.2) is 0 Å². The van der Waals surface area contributed by atoms with Crippen LogP contribution in [-0.2, 0) is 0 Å². The van der Waals surface area contributed by atoms with Crippen LogP contribution in [0.5, 0.6) is 5.75 Å². The number of urea groups is 1. The zero-order valence-electron chi connectivity index (χ0n) is 11.5. The third kappa shape index (κ3) is 3.73. The van der Waals surface area contributed by atoms with Gasteiger partial charge in [-0.15, -0.1) is 0 Å². The van der Waals surface area contributed by atoms with Gasteiger partial charge in [0.25, 0.3) is 0 Å². The normalized spacial score (nSPS) is 9.76. The molecule has 2 amide bonds. The van der Waals surface area contributed by atoms with Crippen molar-refractivity contribution in [2.75, 3.05) is 17.7 Å². The molecular formula is C15H16N4O2. The van der Waals surface area contributed by atoms with E-state index in [1.165, 1.54) is 7.11 Å². The van der Waals surface area contributed by atoms with Crippen LogP contribution >= 0.6 is 0 Å². The summed E-state index contributed by atoms with van der Waals surface area (Å²) < 4.78 is 5.19. The Hall–Kier alpha value is -3.02. The Balaban J connectivity index is 2.12. The van der Waals surface area contributed by atoms with Gasteiger partial charge in [-0.2, -0.15) is 0 Å². The average Bonchev–Trinajstić information content (AvgIpc) is 2.48. The van der Waals surface area contributed by atoms with Crippen LogP contribution in [0.1, 0.15) is 5.56 Å². The van der Waals surface area contributed by atoms with Gasteiger partial charge in [-0.05, 0) is 30.3 Å². The minimum atomic E-state index is -0.380. The maximum absolute atomic E-state index is 11.9. The SMILES string of the molecule is COc1cc(C(=N)N)ccc1NC(=O)Nc1ccccc1. The monoisotopic (exact) mass is 284 g/mol. The second-order valence-corrected chi connectivity index (χ2v) is 4.27. The number of hydrogen-bond acceptors (Lipinski definition) is 3. The Bertz CT molecular complexity index is 656. The number of carbonyl (C=O) groups excluding carboxylic acids is 1. The van der Waals surface area contributed by atoms with Crippen molar-refractivity contribution >= 4 is 23.2 Å². The summed E-state index contributed by atoms with van der Waals surface area (Å²) in [6, 6.07) is 13.6. The minimum absolute atomic E-state index is 0.0615. The molecule has 0 unspecified atom stereocenters. The van der Waals surface area contributed by atoms with Crippen molar-refractivity contribution in [3.8, 4) is 5.75 Å². The number of anilines is 2. The second-order valence-electron chi connectivity index (χ2n) is 4.27. The first kappa shape index (κ1) is 14.4. The van der Waals surface area contributed by atoms with Gasteiger partial charge in [0.05, 0.1) is 12.8 Å². The molecule has 2 rings (SSSR count). The van der Waals surface area contributed by atoms with Crippen LogP contribution in [0.2, 0.25) is 0 Å². The van der Waals surface area contributed by atoms with Crippen molar-refractivity contribution < 1.29 is 9.53 Å². The average molecular weight is 284 g/mol. The van der Waals surface area contributed by atoms with Gasteiger partial charge in [0, 0.05) is 11.3 Å². The number of amidine groups is 1. The molecule has 5 N–H and O–H groups in total. The maximum atomic E-state index is 11.9. The Morgan fingerprint density at radius 2 is 1.86 bits per heavy atom. The Labute approximate surface area is 122 Å². The molecule has 0 radical (unpaired) electrons. The number of carbonyl (C=O) groups is 1. The Morgan fingerprint density at radius 1 is 1.14 bits per heavy atom. The van der Waals surface area contributed by atoms with Crippen molar-refractivity contribution in [1.82, 2.24) is 0 Å². The van der Waals surface area contributed by atoms with Gasteiger partial charge in [-0.25, -0.2) is 4.79 Å². The molecule has 0 atom stereocenters. The van der Waals surface area contributed by atoms with E-state index in [0.29, 0.717) is 22.7 Å². The second kappa shape index (κ2) is 6.42. The summed E-state index contributed by atoms with van der Waals surface area (Å²) in [5.41, 5.74) is 7.13. The van der Waals surface area contributed by atoms with E-state index in [0.717, 1.165) is 0 Å². The summed E-state index contributed by atoms with van der Waals surface area (Å²) in [6.07, 6.45) is 0. The number of hydrogen-bond donors (Lipinski definition) is 4. The fourth-order valence-corrected chi connectivity index (χ4v) is 1.77. The summed E-state index contributed by atoms with van der Waals surface area (Å²) in [6.45, 7) is 0. The Kier molecular flexibility index (Phi) is 4.40. The number of para-hydroxylation sites is 1. The van der Waals surface area contributed by atoms with Gasteiger partial charge in [0.1, 0.15) is 11.6 Å². The van der Waals surface area contributed by atoms with E-state index < -0.39 is 0 Å². The molecule has 0 bridgehead atoms. The molecule has 6 heteroatoms. The van der Waals surface area contributed by atoms with Crippen molar-refractivity contribution in [2.24, 2.45) is 5.73 Å².